The molecule has 16 heteroatoms. The Morgan fingerprint density at radius 1 is 1.14 bits per heavy atom. The molecule has 11 nitrogen and oxygen atoms in total. The lowest BCUT2D eigenvalue weighted by atomic mass is 10.1. The van der Waals surface area contributed by atoms with Crippen molar-refractivity contribution in [1.29, 1.82) is 0 Å². The summed E-state index contributed by atoms with van der Waals surface area (Å²) in [7, 11) is -8.59. The van der Waals surface area contributed by atoms with Crippen molar-refractivity contribution in [2.24, 2.45) is 0 Å². The summed E-state index contributed by atoms with van der Waals surface area (Å²) in [4.78, 5) is 22.5. The minimum Gasteiger partial charge on any atom is -0.486 e. The molecule has 1 atom stereocenters. The van der Waals surface area contributed by atoms with Crippen LogP contribution in [0, 0.1) is 0 Å². The fourth-order valence-corrected chi connectivity index (χ4v) is 5.42. The van der Waals surface area contributed by atoms with Crippen LogP contribution in [0.3, 0.4) is 0 Å². The maximum Gasteiger partial charge on any atom is 0.416 e. The van der Waals surface area contributed by atoms with Crippen molar-refractivity contribution in [2.75, 3.05) is 21.9 Å². The number of benzene rings is 2. The van der Waals surface area contributed by atoms with Crippen LogP contribution in [0.5, 0.6) is 5.75 Å². The fraction of sp³-hybridized carbons (Fsp3) is 0.300. The second-order valence-electron chi connectivity index (χ2n) is 7.55. The zero-order chi connectivity index (χ0) is 26.9. The number of fused-ring (bicyclic) bond motifs is 1. The highest BCUT2D eigenvalue weighted by Gasteiger charge is 2.38. The van der Waals surface area contributed by atoms with Gasteiger partial charge in [-0.15, -0.1) is 0 Å². The first-order valence-corrected chi connectivity index (χ1v) is 13.3. The summed E-state index contributed by atoms with van der Waals surface area (Å²) in [5, 5.41) is 11.0. The molecule has 196 valence electrons. The molecule has 0 bridgehead atoms. The highest BCUT2D eigenvalue weighted by molar-refractivity contribution is 7.92. The van der Waals surface area contributed by atoms with E-state index in [9.17, 15) is 39.6 Å². The van der Waals surface area contributed by atoms with Gasteiger partial charge in [-0.1, -0.05) is 6.07 Å². The molecule has 0 radical (unpaired) electrons. The molecule has 0 aromatic heterocycles. The number of ether oxygens (including phenoxy) is 1. The summed E-state index contributed by atoms with van der Waals surface area (Å²) >= 11 is 0. The quantitative estimate of drug-likeness (QED) is 0.474. The molecule has 36 heavy (non-hydrogen) atoms. The van der Waals surface area contributed by atoms with Gasteiger partial charge in [-0.25, -0.2) is 21.6 Å². The summed E-state index contributed by atoms with van der Waals surface area (Å²) < 4.78 is 97.9. The van der Waals surface area contributed by atoms with Gasteiger partial charge < -0.3 is 9.84 Å². The van der Waals surface area contributed by atoms with Crippen LogP contribution >= 0.6 is 0 Å². The molecular formula is C20H20F3N3O8S2. The number of carboxylic acid groups (broad SMARTS) is 1. The van der Waals surface area contributed by atoms with E-state index in [4.69, 9.17) is 9.84 Å². The Bertz CT molecular complexity index is 1400. The first-order chi connectivity index (χ1) is 16.6. The largest absolute Gasteiger partial charge is 0.486 e. The van der Waals surface area contributed by atoms with Gasteiger partial charge in [0.15, 0.2) is 0 Å². The Morgan fingerprint density at radius 3 is 2.44 bits per heavy atom. The van der Waals surface area contributed by atoms with Crippen molar-refractivity contribution in [3.63, 3.8) is 0 Å². The van der Waals surface area contributed by atoms with Gasteiger partial charge in [-0.05, 0) is 43.3 Å². The predicted octanol–water partition coefficient (Wildman–Crippen LogP) is 2.61. The maximum atomic E-state index is 13.4. The number of nitrogens with zero attached hydrogens (tertiary/aromatic N) is 1. The third-order valence-corrected chi connectivity index (χ3v) is 8.03. The monoisotopic (exact) mass is 551 g/mol. The zero-order valence-electron chi connectivity index (χ0n) is 18.4. The molecule has 1 aliphatic heterocycles. The number of nitrogens with one attached hydrogen (secondary N) is 2. The van der Waals surface area contributed by atoms with E-state index in [-0.39, 0.29) is 22.9 Å². The second kappa shape index (κ2) is 9.85. The molecule has 3 rings (SSSR count). The third kappa shape index (κ3) is 6.17. The minimum atomic E-state index is -4.82. The number of sulfonamides is 2. The molecule has 2 aromatic rings. The lowest BCUT2D eigenvalue weighted by Gasteiger charge is -2.35. The van der Waals surface area contributed by atoms with Gasteiger partial charge in [-0.3, -0.25) is 19.1 Å². The van der Waals surface area contributed by atoms with E-state index in [2.05, 4.69) is 0 Å². The van der Waals surface area contributed by atoms with E-state index in [0.717, 1.165) is 18.2 Å². The average Bonchev–Trinajstić information content (AvgIpc) is 2.77. The van der Waals surface area contributed by atoms with Crippen molar-refractivity contribution < 1.29 is 49.4 Å². The highest BCUT2D eigenvalue weighted by atomic mass is 32.2. The number of hydrogen-bond donors (Lipinski definition) is 3. The molecule has 1 heterocycles. The van der Waals surface area contributed by atoms with Crippen LogP contribution in [0.15, 0.2) is 47.4 Å². The van der Waals surface area contributed by atoms with Gasteiger partial charge >= 0.3 is 12.3 Å². The molecule has 0 saturated heterocycles. The fourth-order valence-electron chi connectivity index (χ4n) is 3.30. The zero-order valence-corrected chi connectivity index (χ0v) is 20.1. The van der Waals surface area contributed by atoms with Crippen LogP contribution < -0.4 is 19.1 Å². The van der Waals surface area contributed by atoms with Gasteiger partial charge in [0.2, 0.25) is 15.9 Å². The second-order valence-corrected chi connectivity index (χ2v) is 11.4. The number of anilines is 2. The lowest BCUT2D eigenvalue weighted by molar-refractivity contribution is -0.137. The summed E-state index contributed by atoms with van der Waals surface area (Å²) in [6.45, 7) is 0.719. The summed E-state index contributed by atoms with van der Waals surface area (Å²) in [6.07, 6.45) is -8.09. The van der Waals surface area contributed by atoms with Gasteiger partial charge in [0.1, 0.15) is 11.9 Å². The summed E-state index contributed by atoms with van der Waals surface area (Å²) in [5.41, 5.74) is -1.46. The van der Waals surface area contributed by atoms with Crippen molar-refractivity contribution >= 4 is 43.4 Å². The predicted molar refractivity (Wildman–Crippen MR) is 121 cm³/mol. The first-order valence-electron chi connectivity index (χ1n) is 10.2. The van der Waals surface area contributed by atoms with Crippen molar-refractivity contribution in [3.05, 3.63) is 48.0 Å². The Morgan fingerprint density at radius 2 is 1.83 bits per heavy atom. The Kier molecular flexibility index (Phi) is 7.40. The topological polar surface area (TPSA) is 159 Å². The molecule has 0 fully saturated rings. The molecule has 2 amide bonds. The van der Waals surface area contributed by atoms with Crippen molar-refractivity contribution in [1.82, 2.24) is 4.72 Å². The van der Waals surface area contributed by atoms with Crippen LogP contribution in [0.25, 0.3) is 0 Å². The highest BCUT2D eigenvalue weighted by Crippen LogP contribution is 2.40. The standard InChI is InChI=1S/C20H20F3N3O8S2/c1-2-35(30,31)25-18(27)10-14-11-26(16-9-13(24-19(28)29)6-7-17(16)34-14)36(32,33)15-5-3-4-12(8-15)20(21,22)23/h3-9,14,24H,2,10-11H2,1H3,(H,25,27)(H,28,29). The third-order valence-electron chi connectivity index (χ3n) is 4.95. The number of rotatable bonds is 7. The minimum absolute atomic E-state index is 0.0562. The van der Waals surface area contributed by atoms with Gasteiger partial charge in [-0.2, -0.15) is 13.2 Å². The Labute approximate surface area is 204 Å². The van der Waals surface area contributed by atoms with Gasteiger partial charge in [0, 0.05) is 5.69 Å². The number of alkyl halides is 3. The normalized spacial score (nSPS) is 16.0. The van der Waals surface area contributed by atoms with Crippen LogP contribution in [-0.4, -0.2) is 52.3 Å². The number of amides is 2. The maximum absolute atomic E-state index is 13.4. The lowest BCUT2D eigenvalue weighted by Crippen LogP contribution is -2.46. The van der Waals surface area contributed by atoms with E-state index >= 15 is 0 Å². The molecule has 0 saturated carbocycles. The van der Waals surface area contributed by atoms with Gasteiger partial charge in [0.05, 0.1) is 34.9 Å². The molecule has 1 unspecified atom stereocenters. The van der Waals surface area contributed by atoms with Crippen molar-refractivity contribution in [3.8, 4) is 5.75 Å². The first kappa shape index (κ1) is 27.1. The number of carbonyl (C=O) groups excluding carboxylic acids is 1. The van der Waals surface area contributed by atoms with E-state index in [0.29, 0.717) is 16.4 Å². The molecule has 0 spiro atoms. The van der Waals surface area contributed by atoms with E-state index < -0.39 is 67.8 Å². The number of halogens is 3. The summed E-state index contributed by atoms with van der Waals surface area (Å²) in [6, 6.07) is 6.57. The number of carbonyl (C=O) groups is 2. The summed E-state index contributed by atoms with van der Waals surface area (Å²) in [5.74, 6) is -1.49. The average molecular weight is 552 g/mol. The van der Waals surface area contributed by atoms with E-state index in [1.807, 2.05) is 5.32 Å². The molecular weight excluding hydrogens is 531 g/mol. The molecule has 0 aliphatic carbocycles. The smallest absolute Gasteiger partial charge is 0.416 e. The van der Waals surface area contributed by atoms with E-state index in [1.165, 1.54) is 19.1 Å². The van der Waals surface area contributed by atoms with Crippen LogP contribution in [0.4, 0.5) is 29.3 Å². The number of hydrogen-bond acceptors (Lipinski definition) is 7. The SMILES string of the molecule is CCS(=O)(=O)NC(=O)CC1CN(S(=O)(=O)c2cccc(C(F)(F)F)c2)c2cc(NC(=O)O)ccc2O1. The van der Waals surface area contributed by atoms with Crippen LogP contribution in [0.2, 0.25) is 0 Å². The Balaban J connectivity index is 2.04. The van der Waals surface area contributed by atoms with Crippen molar-refractivity contribution in [2.45, 2.75) is 30.5 Å². The van der Waals surface area contributed by atoms with Crippen LogP contribution in [-0.2, 0) is 31.0 Å². The molecule has 3 N–H and O–H groups in total. The van der Waals surface area contributed by atoms with E-state index in [1.54, 1.807) is 4.72 Å². The molecule has 2 aromatic carbocycles. The molecule has 1 aliphatic rings. The van der Waals surface area contributed by atoms with Gasteiger partial charge in [0.25, 0.3) is 10.0 Å². The van der Waals surface area contributed by atoms with Crippen LogP contribution in [0.1, 0.15) is 18.9 Å². The Hall–Kier alpha value is -3.53.